The number of benzene rings is 2. The third-order valence-electron chi connectivity index (χ3n) is 4.87. The molecule has 2 atom stereocenters. The zero-order valence-corrected chi connectivity index (χ0v) is 16.2. The maximum absolute atomic E-state index is 12.3. The van der Waals surface area contributed by atoms with E-state index in [9.17, 15) is 9.90 Å². The minimum Gasteiger partial charge on any atom is -0.476 e. The number of aryl methyl sites for hydroxylation is 1. The summed E-state index contributed by atoms with van der Waals surface area (Å²) in [4.78, 5) is 12.3. The first-order valence-electron chi connectivity index (χ1n) is 9.45. The van der Waals surface area contributed by atoms with E-state index in [2.05, 4.69) is 55.7 Å². The number of fused-ring (bicyclic) bond motifs is 1. The molecule has 3 rings (SSSR count). The standard InChI is InChI=1S/C22H28N2O3/c1-4-15-9-11-16(12-10-15)13-22(2,3)23-14-18(25)20-21(26)24-17-7-5-6-8-19(17)27-20/h5-12,18,20,23,25H,4,13-14H2,1-3H3,(H,24,26). The Labute approximate surface area is 160 Å². The van der Waals surface area contributed by atoms with E-state index in [-0.39, 0.29) is 18.0 Å². The molecule has 1 aliphatic rings. The van der Waals surface area contributed by atoms with Gasteiger partial charge in [0.05, 0.1) is 5.69 Å². The zero-order chi connectivity index (χ0) is 19.4. The van der Waals surface area contributed by atoms with Crippen LogP contribution in [0.25, 0.3) is 0 Å². The number of β-amino-alcohol motifs (C(OH)–C–C–N with tert-alkyl or cyclic N) is 1. The van der Waals surface area contributed by atoms with Crippen molar-refractivity contribution >= 4 is 11.6 Å². The molecule has 0 spiro atoms. The number of aliphatic hydroxyl groups excluding tert-OH is 1. The Morgan fingerprint density at radius 3 is 2.52 bits per heavy atom. The van der Waals surface area contributed by atoms with Crippen LogP contribution in [0.4, 0.5) is 5.69 Å². The second-order valence-corrected chi connectivity index (χ2v) is 7.70. The highest BCUT2D eigenvalue weighted by atomic mass is 16.5. The summed E-state index contributed by atoms with van der Waals surface area (Å²) in [6, 6.07) is 15.8. The van der Waals surface area contributed by atoms with E-state index in [0.29, 0.717) is 11.4 Å². The molecule has 0 saturated heterocycles. The quantitative estimate of drug-likeness (QED) is 0.703. The summed E-state index contributed by atoms with van der Waals surface area (Å²) in [6.45, 7) is 6.58. The van der Waals surface area contributed by atoms with Crippen molar-refractivity contribution < 1.29 is 14.6 Å². The Morgan fingerprint density at radius 1 is 1.15 bits per heavy atom. The SMILES string of the molecule is CCc1ccc(CC(C)(C)NCC(O)C2Oc3ccccc3NC2=O)cc1. The largest absolute Gasteiger partial charge is 0.476 e. The van der Waals surface area contributed by atoms with Gasteiger partial charge in [-0.1, -0.05) is 43.3 Å². The fraction of sp³-hybridized carbons (Fsp3) is 0.409. The number of amides is 1. The molecule has 0 saturated carbocycles. The Bertz CT molecular complexity index is 786. The van der Waals surface area contributed by atoms with Crippen LogP contribution in [0.5, 0.6) is 5.75 Å². The monoisotopic (exact) mass is 368 g/mol. The number of anilines is 1. The average Bonchev–Trinajstić information content (AvgIpc) is 2.66. The summed E-state index contributed by atoms with van der Waals surface area (Å²) in [7, 11) is 0. The summed E-state index contributed by atoms with van der Waals surface area (Å²) in [5, 5.41) is 16.7. The zero-order valence-electron chi connectivity index (χ0n) is 16.2. The van der Waals surface area contributed by atoms with Crippen molar-refractivity contribution in [1.82, 2.24) is 5.32 Å². The molecule has 1 amide bonds. The molecular formula is C22H28N2O3. The number of aliphatic hydroxyl groups is 1. The number of rotatable bonds is 7. The van der Waals surface area contributed by atoms with Gasteiger partial charge >= 0.3 is 0 Å². The highest BCUT2D eigenvalue weighted by Crippen LogP contribution is 2.29. The lowest BCUT2D eigenvalue weighted by molar-refractivity contribution is -0.128. The van der Waals surface area contributed by atoms with Gasteiger partial charge in [-0.05, 0) is 49.9 Å². The van der Waals surface area contributed by atoms with Crippen LogP contribution in [0.3, 0.4) is 0 Å². The van der Waals surface area contributed by atoms with Gasteiger partial charge in [-0.2, -0.15) is 0 Å². The number of carbonyl (C=O) groups excluding carboxylic acids is 1. The number of hydrogen-bond acceptors (Lipinski definition) is 4. The van der Waals surface area contributed by atoms with Gasteiger partial charge in [-0.25, -0.2) is 0 Å². The van der Waals surface area contributed by atoms with Crippen LogP contribution in [0.1, 0.15) is 31.9 Å². The van der Waals surface area contributed by atoms with E-state index in [0.717, 1.165) is 12.8 Å². The van der Waals surface area contributed by atoms with E-state index in [4.69, 9.17) is 4.74 Å². The van der Waals surface area contributed by atoms with Crippen LogP contribution in [-0.4, -0.2) is 35.3 Å². The van der Waals surface area contributed by atoms with E-state index in [1.165, 1.54) is 11.1 Å². The molecule has 5 heteroatoms. The highest BCUT2D eigenvalue weighted by molar-refractivity contribution is 5.98. The lowest BCUT2D eigenvalue weighted by Gasteiger charge is -2.32. The Hall–Kier alpha value is -2.37. The van der Waals surface area contributed by atoms with Crippen molar-refractivity contribution in [2.75, 3.05) is 11.9 Å². The fourth-order valence-electron chi connectivity index (χ4n) is 3.27. The molecule has 3 N–H and O–H groups in total. The van der Waals surface area contributed by atoms with Gasteiger partial charge in [0.2, 0.25) is 6.10 Å². The maximum atomic E-state index is 12.3. The summed E-state index contributed by atoms with van der Waals surface area (Å²) < 4.78 is 5.71. The molecule has 27 heavy (non-hydrogen) atoms. The molecule has 2 aromatic rings. The molecule has 0 radical (unpaired) electrons. The number of ether oxygens (including phenoxy) is 1. The summed E-state index contributed by atoms with van der Waals surface area (Å²) in [5.74, 6) is 0.257. The minimum atomic E-state index is -0.944. The number of para-hydroxylation sites is 2. The Morgan fingerprint density at radius 2 is 1.81 bits per heavy atom. The second kappa shape index (κ2) is 8.11. The van der Waals surface area contributed by atoms with Gasteiger partial charge in [-0.3, -0.25) is 4.79 Å². The van der Waals surface area contributed by atoms with Crippen LogP contribution in [-0.2, 0) is 17.6 Å². The van der Waals surface area contributed by atoms with Crippen LogP contribution >= 0.6 is 0 Å². The van der Waals surface area contributed by atoms with Crippen LogP contribution < -0.4 is 15.4 Å². The molecule has 2 unspecified atom stereocenters. The van der Waals surface area contributed by atoms with Crippen LogP contribution in [0.2, 0.25) is 0 Å². The van der Waals surface area contributed by atoms with Crippen molar-refractivity contribution in [2.45, 2.75) is 51.4 Å². The van der Waals surface area contributed by atoms with Gasteiger partial charge in [0.1, 0.15) is 11.9 Å². The van der Waals surface area contributed by atoms with Crippen molar-refractivity contribution in [3.05, 3.63) is 59.7 Å². The van der Waals surface area contributed by atoms with Crippen molar-refractivity contribution in [3.8, 4) is 5.75 Å². The van der Waals surface area contributed by atoms with Crippen molar-refractivity contribution in [3.63, 3.8) is 0 Å². The summed E-state index contributed by atoms with van der Waals surface area (Å²) in [5.41, 5.74) is 2.97. The first-order valence-corrected chi connectivity index (χ1v) is 9.45. The average molecular weight is 368 g/mol. The Balaban J connectivity index is 1.57. The maximum Gasteiger partial charge on any atom is 0.268 e. The smallest absolute Gasteiger partial charge is 0.268 e. The molecule has 5 nitrogen and oxygen atoms in total. The van der Waals surface area contributed by atoms with E-state index < -0.39 is 12.2 Å². The predicted octanol–water partition coefficient (Wildman–Crippen LogP) is 2.92. The van der Waals surface area contributed by atoms with Gasteiger partial charge in [0, 0.05) is 12.1 Å². The second-order valence-electron chi connectivity index (χ2n) is 7.70. The number of nitrogens with one attached hydrogen (secondary N) is 2. The molecule has 0 aliphatic carbocycles. The van der Waals surface area contributed by atoms with E-state index >= 15 is 0 Å². The normalized spacial score (nSPS) is 17.6. The first-order chi connectivity index (χ1) is 12.9. The topological polar surface area (TPSA) is 70.6 Å². The molecule has 1 heterocycles. The molecular weight excluding hydrogens is 340 g/mol. The molecule has 0 aromatic heterocycles. The summed E-state index contributed by atoms with van der Waals surface area (Å²) >= 11 is 0. The summed E-state index contributed by atoms with van der Waals surface area (Å²) in [6.07, 6.45) is -0.0162. The van der Waals surface area contributed by atoms with Crippen molar-refractivity contribution in [1.29, 1.82) is 0 Å². The Kier molecular flexibility index (Phi) is 5.82. The molecule has 144 valence electrons. The van der Waals surface area contributed by atoms with Gasteiger partial charge in [-0.15, -0.1) is 0 Å². The van der Waals surface area contributed by atoms with Gasteiger partial charge in [0.25, 0.3) is 5.91 Å². The van der Waals surface area contributed by atoms with E-state index in [1.54, 1.807) is 12.1 Å². The lowest BCUT2D eigenvalue weighted by atomic mass is 9.93. The third kappa shape index (κ3) is 4.87. The molecule has 0 bridgehead atoms. The lowest BCUT2D eigenvalue weighted by Crippen LogP contribution is -2.53. The fourth-order valence-corrected chi connectivity index (χ4v) is 3.27. The van der Waals surface area contributed by atoms with Crippen LogP contribution in [0, 0.1) is 0 Å². The van der Waals surface area contributed by atoms with Crippen LogP contribution in [0.15, 0.2) is 48.5 Å². The number of hydrogen-bond donors (Lipinski definition) is 3. The van der Waals surface area contributed by atoms with E-state index in [1.807, 2.05) is 12.1 Å². The number of carbonyl (C=O) groups is 1. The predicted molar refractivity (Wildman–Crippen MR) is 107 cm³/mol. The van der Waals surface area contributed by atoms with Crippen molar-refractivity contribution in [2.24, 2.45) is 0 Å². The third-order valence-corrected chi connectivity index (χ3v) is 4.87. The molecule has 1 aliphatic heterocycles. The first kappa shape index (κ1) is 19.4. The minimum absolute atomic E-state index is 0.224. The molecule has 0 fully saturated rings. The van der Waals surface area contributed by atoms with Gasteiger partial charge in [0.15, 0.2) is 0 Å². The highest BCUT2D eigenvalue weighted by Gasteiger charge is 2.34. The molecule has 2 aromatic carbocycles. The van der Waals surface area contributed by atoms with Gasteiger partial charge < -0.3 is 20.5 Å².